The molecule has 0 aromatic heterocycles. The number of carbonyl (C=O) groups is 1. The topological polar surface area (TPSA) is 37.3 Å². The maximum Gasteiger partial charge on any atom is 0.307 e. The van der Waals surface area contributed by atoms with Crippen LogP contribution in [0.25, 0.3) is 4.48 Å². The smallest absolute Gasteiger partial charge is 0.307 e. The molecule has 96 valence electrons. The number of hydrogen-bond donors (Lipinski definition) is 1. The zero-order valence-electron chi connectivity index (χ0n) is 10.2. The predicted octanol–water partition coefficient (Wildman–Crippen LogP) is 4.43. The third kappa shape index (κ3) is 2.47. The lowest BCUT2D eigenvalue weighted by Gasteiger charge is -2.01. The van der Waals surface area contributed by atoms with Gasteiger partial charge in [0.25, 0.3) is 0 Å². The van der Waals surface area contributed by atoms with Crippen LogP contribution in [-0.2, 0) is 4.79 Å². The Labute approximate surface area is 120 Å². The van der Waals surface area contributed by atoms with E-state index in [9.17, 15) is 4.79 Å². The lowest BCUT2D eigenvalue weighted by atomic mass is 10.1. The van der Waals surface area contributed by atoms with Crippen molar-refractivity contribution in [3.8, 4) is 0 Å². The maximum absolute atomic E-state index is 11.1. The van der Waals surface area contributed by atoms with Crippen LogP contribution in [0.1, 0.15) is 19.4 Å². The molecule has 18 heavy (non-hydrogen) atoms. The summed E-state index contributed by atoms with van der Waals surface area (Å²) < 4.78 is 0.918. The molecule has 0 heterocycles. The molecule has 2 atom stereocenters. The van der Waals surface area contributed by atoms with Gasteiger partial charge in [-0.05, 0) is 29.0 Å². The Morgan fingerprint density at radius 2 is 1.94 bits per heavy atom. The van der Waals surface area contributed by atoms with E-state index >= 15 is 0 Å². The first kappa shape index (κ1) is 13.6. The van der Waals surface area contributed by atoms with Crippen molar-refractivity contribution in [1.29, 1.82) is 0 Å². The molecule has 0 radical (unpaired) electrons. The van der Waals surface area contributed by atoms with Crippen molar-refractivity contribution in [2.75, 3.05) is 0 Å². The largest absolute Gasteiger partial charge is 0.481 e. The minimum atomic E-state index is -0.724. The molecule has 1 fully saturated rings. The first-order chi connectivity index (χ1) is 8.34. The zero-order chi connectivity index (χ0) is 13.5. The lowest BCUT2D eigenvalue weighted by Crippen LogP contribution is -2.02. The Morgan fingerprint density at radius 3 is 2.39 bits per heavy atom. The van der Waals surface area contributed by atoms with Gasteiger partial charge < -0.3 is 5.11 Å². The van der Waals surface area contributed by atoms with Crippen LogP contribution in [0.15, 0.2) is 30.3 Å². The first-order valence-electron chi connectivity index (χ1n) is 5.70. The quantitative estimate of drug-likeness (QED) is 0.890. The summed E-state index contributed by atoms with van der Waals surface area (Å²) in [5.41, 5.74) is 0.836. The summed E-state index contributed by atoms with van der Waals surface area (Å²) in [4.78, 5) is 11.1. The second-order valence-corrected chi connectivity index (χ2v) is 6.48. The van der Waals surface area contributed by atoms with Crippen molar-refractivity contribution >= 4 is 38.0 Å². The number of carboxylic acid groups (broad SMARTS) is 1. The molecule has 0 bridgehead atoms. The van der Waals surface area contributed by atoms with E-state index < -0.39 is 5.97 Å². The molecule has 1 saturated carbocycles. The van der Waals surface area contributed by atoms with Crippen molar-refractivity contribution < 1.29 is 9.90 Å². The number of rotatable bonds is 3. The third-order valence-corrected chi connectivity index (χ3v) is 4.60. The molecule has 1 aliphatic rings. The highest BCUT2D eigenvalue weighted by Gasteiger charge is 2.60. The molecular formula is C14H14BrClO2. The van der Waals surface area contributed by atoms with Crippen LogP contribution >= 0.6 is 27.5 Å². The Balaban J connectivity index is 2.20. The normalized spacial score (nSPS) is 25.9. The van der Waals surface area contributed by atoms with Gasteiger partial charge in [0.15, 0.2) is 0 Å². The van der Waals surface area contributed by atoms with Gasteiger partial charge in [-0.3, -0.25) is 4.79 Å². The molecule has 0 saturated heterocycles. The van der Waals surface area contributed by atoms with Gasteiger partial charge in [-0.25, -0.2) is 0 Å². The van der Waals surface area contributed by atoms with Crippen LogP contribution in [0.2, 0.25) is 5.02 Å². The Morgan fingerprint density at radius 1 is 1.39 bits per heavy atom. The van der Waals surface area contributed by atoms with Crippen molar-refractivity contribution in [3.63, 3.8) is 0 Å². The van der Waals surface area contributed by atoms with E-state index in [4.69, 9.17) is 16.7 Å². The Hall–Kier alpha value is -0.800. The molecule has 2 rings (SSSR count). The lowest BCUT2D eigenvalue weighted by molar-refractivity contribution is -0.139. The highest BCUT2D eigenvalue weighted by Crippen LogP contribution is 2.60. The average molecular weight is 330 g/mol. The minimum Gasteiger partial charge on any atom is -0.481 e. The van der Waals surface area contributed by atoms with Gasteiger partial charge in [0.05, 0.1) is 5.92 Å². The maximum atomic E-state index is 11.1. The number of carboxylic acids is 1. The summed E-state index contributed by atoms with van der Waals surface area (Å²) in [7, 11) is 0. The minimum absolute atomic E-state index is 0.0695. The second kappa shape index (κ2) is 4.71. The SMILES string of the molecule is CC1(C)C(/C=C(\Br)c2ccc(Cl)cc2)C1C(=O)O. The number of benzene rings is 1. The van der Waals surface area contributed by atoms with E-state index in [1.807, 2.05) is 44.2 Å². The molecule has 2 unspecified atom stereocenters. The molecule has 1 aromatic carbocycles. The van der Waals surface area contributed by atoms with Gasteiger partial charge in [0.2, 0.25) is 0 Å². The molecule has 1 N–H and O–H groups in total. The van der Waals surface area contributed by atoms with Crippen molar-refractivity contribution in [2.45, 2.75) is 13.8 Å². The fourth-order valence-electron chi connectivity index (χ4n) is 2.32. The van der Waals surface area contributed by atoms with Crippen LogP contribution < -0.4 is 0 Å². The van der Waals surface area contributed by atoms with E-state index in [1.165, 1.54) is 0 Å². The molecule has 1 aliphatic carbocycles. The number of halogens is 2. The number of hydrogen-bond acceptors (Lipinski definition) is 1. The highest BCUT2D eigenvalue weighted by molar-refractivity contribution is 9.15. The molecule has 0 aliphatic heterocycles. The second-order valence-electron chi connectivity index (χ2n) is 5.18. The first-order valence-corrected chi connectivity index (χ1v) is 6.87. The van der Waals surface area contributed by atoms with Gasteiger partial charge in [-0.2, -0.15) is 0 Å². The van der Waals surface area contributed by atoms with Crippen LogP contribution in [-0.4, -0.2) is 11.1 Å². The monoisotopic (exact) mass is 328 g/mol. The summed E-state index contributed by atoms with van der Waals surface area (Å²) in [6.45, 7) is 3.96. The van der Waals surface area contributed by atoms with Crippen molar-refractivity contribution in [3.05, 3.63) is 40.9 Å². The fraction of sp³-hybridized carbons (Fsp3) is 0.357. The third-order valence-electron chi connectivity index (χ3n) is 3.62. The zero-order valence-corrected chi connectivity index (χ0v) is 12.5. The van der Waals surface area contributed by atoms with Crippen LogP contribution in [0.5, 0.6) is 0 Å². The molecular weight excluding hydrogens is 316 g/mol. The van der Waals surface area contributed by atoms with Crippen LogP contribution in [0.3, 0.4) is 0 Å². The Kier molecular flexibility index (Phi) is 3.56. The van der Waals surface area contributed by atoms with E-state index in [1.54, 1.807) is 0 Å². The van der Waals surface area contributed by atoms with Crippen LogP contribution in [0.4, 0.5) is 0 Å². The average Bonchev–Trinajstić information content (AvgIpc) is 2.81. The van der Waals surface area contributed by atoms with E-state index in [0.29, 0.717) is 5.02 Å². The number of aliphatic carboxylic acids is 1. The summed E-state index contributed by atoms with van der Waals surface area (Å²) in [5, 5.41) is 9.81. The fourth-order valence-corrected chi connectivity index (χ4v) is 3.00. The molecule has 1 aromatic rings. The van der Waals surface area contributed by atoms with Gasteiger partial charge in [0, 0.05) is 9.51 Å². The van der Waals surface area contributed by atoms with Crippen molar-refractivity contribution in [2.24, 2.45) is 17.3 Å². The standard InChI is InChI=1S/C14H14BrClO2/c1-14(2)10(12(14)13(17)18)7-11(15)8-3-5-9(16)6-4-8/h3-7,10,12H,1-2H3,(H,17,18)/b11-7-. The molecule has 2 nitrogen and oxygen atoms in total. The highest BCUT2D eigenvalue weighted by atomic mass is 79.9. The molecule has 0 amide bonds. The summed E-state index contributed by atoms with van der Waals surface area (Å²) >= 11 is 9.34. The summed E-state index contributed by atoms with van der Waals surface area (Å²) in [6.07, 6.45) is 1.99. The van der Waals surface area contributed by atoms with Gasteiger partial charge >= 0.3 is 5.97 Å². The number of allylic oxidation sites excluding steroid dienone is 1. The summed E-state index contributed by atoms with van der Waals surface area (Å²) in [6, 6.07) is 7.46. The van der Waals surface area contributed by atoms with E-state index in [2.05, 4.69) is 15.9 Å². The van der Waals surface area contributed by atoms with Gasteiger partial charge in [0.1, 0.15) is 0 Å². The Bertz CT molecular complexity index is 505. The van der Waals surface area contributed by atoms with Crippen LogP contribution in [0, 0.1) is 17.3 Å². The van der Waals surface area contributed by atoms with Gasteiger partial charge in [-0.15, -0.1) is 0 Å². The van der Waals surface area contributed by atoms with Gasteiger partial charge in [-0.1, -0.05) is 59.6 Å². The van der Waals surface area contributed by atoms with Crippen molar-refractivity contribution in [1.82, 2.24) is 0 Å². The molecule has 0 spiro atoms. The molecule has 4 heteroatoms. The predicted molar refractivity (Wildman–Crippen MR) is 76.8 cm³/mol. The van der Waals surface area contributed by atoms with E-state index in [0.717, 1.165) is 10.0 Å². The van der Waals surface area contributed by atoms with E-state index in [-0.39, 0.29) is 17.3 Å². The summed E-state index contributed by atoms with van der Waals surface area (Å²) in [5.74, 6) is -0.949.